The Morgan fingerprint density at radius 3 is 2.25 bits per heavy atom. The summed E-state index contributed by atoms with van der Waals surface area (Å²) in [6.45, 7) is 1.81. The number of halogens is 1. The maximum atomic E-state index is 13.2. The van der Waals surface area contributed by atoms with E-state index >= 15 is 0 Å². The summed E-state index contributed by atoms with van der Waals surface area (Å²) in [5.41, 5.74) is 0.677. The maximum absolute atomic E-state index is 13.2. The van der Waals surface area contributed by atoms with Gasteiger partial charge in [-0.3, -0.25) is 14.9 Å². The van der Waals surface area contributed by atoms with E-state index in [4.69, 9.17) is 20.5 Å². The molecule has 36 heavy (non-hydrogen) atoms. The summed E-state index contributed by atoms with van der Waals surface area (Å²) in [6.07, 6.45) is 1.12. The Kier molecular flexibility index (Phi) is 6.82. The molecule has 1 fully saturated rings. The van der Waals surface area contributed by atoms with Crippen LogP contribution in [0.4, 0.5) is 10.5 Å². The van der Waals surface area contributed by atoms with Gasteiger partial charge in [-0.05, 0) is 67.6 Å². The van der Waals surface area contributed by atoms with Crippen molar-refractivity contribution in [2.45, 2.75) is 11.8 Å². The summed E-state index contributed by atoms with van der Waals surface area (Å²) < 4.78 is 36.0. The lowest BCUT2D eigenvalue weighted by molar-refractivity contribution is -0.122. The highest BCUT2D eigenvalue weighted by molar-refractivity contribution is 7.87. The molecule has 0 spiro atoms. The Hall–Kier alpha value is -4.15. The topological polar surface area (TPSA) is 119 Å². The molecule has 1 saturated heterocycles. The number of imide groups is 2. The van der Waals surface area contributed by atoms with Gasteiger partial charge >= 0.3 is 16.1 Å². The fourth-order valence-corrected chi connectivity index (χ4v) is 4.49. The number of nitrogens with zero attached hydrogens (tertiary/aromatic N) is 1. The number of carbonyl (C=O) groups is 3. The van der Waals surface area contributed by atoms with Crippen molar-refractivity contribution in [3.05, 3.63) is 88.5 Å². The van der Waals surface area contributed by atoms with Crippen molar-refractivity contribution in [1.29, 1.82) is 0 Å². The van der Waals surface area contributed by atoms with Crippen LogP contribution in [-0.4, -0.2) is 33.4 Å². The average molecular weight is 527 g/mol. The summed E-state index contributed by atoms with van der Waals surface area (Å²) in [7, 11) is -2.77. The molecule has 11 heteroatoms. The molecule has 1 heterocycles. The van der Waals surface area contributed by atoms with E-state index in [2.05, 4.69) is 5.32 Å². The van der Waals surface area contributed by atoms with Crippen molar-refractivity contribution in [3.8, 4) is 11.5 Å². The third-order valence-electron chi connectivity index (χ3n) is 5.21. The largest absolute Gasteiger partial charge is 0.497 e. The van der Waals surface area contributed by atoms with Crippen LogP contribution in [0.2, 0.25) is 5.02 Å². The molecule has 4 amide bonds. The Morgan fingerprint density at radius 1 is 0.944 bits per heavy atom. The Labute approximate surface area is 212 Å². The SMILES string of the molecule is COc1ccc(N2C(=O)NC(=O)/C(=C\c3cc(Cl)ccc3OS(=O)(=O)c3ccc(C)cc3)C2=O)cc1. The number of urea groups is 1. The van der Waals surface area contributed by atoms with E-state index in [1.54, 1.807) is 24.3 Å². The molecule has 0 aromatic heterocycles. The molecule has 0 saturated carbocycles. The van der Waals surface area contributed by atoms with Crippen LogP contribution in [0.25, 0.3) is 6.08 Å². The fraction of sp³-hybridized carbons (Fsp3) is 0.0800. The predicted molar refractivity (Wildman–Crippen MR) is 132 cm³/mol. The molecule has 0 aliphatic carbocycles. The normalized spacial score (nSPS) is 15.1. The van der Waals surface area contributed by atoms with Crippen LogP contribution in [0, 0.1) is 6.92 Å². The molecule has 0 radical (unpaired) electrons. The molecule has 9 nitrogen and oxygen atoms in total. The second-order valence-electron chi connectivity index (χ2n) is 7.69. The van der Waals surface area contributed by atoms with Crippen molar-refractivity contribution in [2.24, 2.45) is 0 Å². The lowest BCUT2D eigenvalue weighted by Crippen LogP contribution is -2.54. The monoisotopic (exact) mass is 526 g/mol. The van der Waals surface area contributed by atoms with E-state index in [0.29, 0.717) is 5.75 Å². The summed E-state index contributed by atoms with van der Waals surface area (Å²) in [6, 6.07) is 15.2. The minimum absolute atomic E-state index is 0.0423. The van der Waals surface area contributed by atoms with Crippen LogP contribution in [0.1, 0.15) is 11.1 Å². The second kappa shape index (κ2) is 9.84. The standard InChI is InChI=1S/C25H19ClN2O7S/c1-15-3-10-20(11-4-15)36(32,33)35-22-12-5-17(26)13-16(22)14-21-23(29)27-25(31)28(24(21)30)18-6-8-19(34-2)9-7-18/h3-14H,1-2H3,(H,27,29,31)/b21-14+. The van der Waals surface area contributed by atoms with Crippen LogP contribution in [0.3, 0.4) is 0 Å². The van der Waals surface area contributed by atoms with Gasteiger partial charge in [0, 0.05) is 10.6 Å². The zero-order valence-corrected chi connectivity index (χ0v) is 20.6. The molecular formula is C25H19ClN2O7S. The highest BCUT2D eigenvalue weighted by Gasteiger charge is 2.37. The first-order valence-corrected chi connectivity index (χ1v) is 12.2. The third-order valence-corrected chi connectivity index (χ3v) is 6.70. The minimum atomic E-state index is -4.24. The number of carbonyl (C=O) groups excluding carboxylic acids is 3. The van der Waals surface area contributed by atoms with Crippen LogP contribution in [-0.2, 0) is 19.7 Å². The number of aryl methyl sites for hydroxylation is 1. The molecule has 1 N–H and O–H groups in total. The molecule has 0 bridgehead atoms. The number of benzene rings is 3. The van der Waals surface area contributed by atoms with E-state index < -0.39 is 33.5 Å². The number of hydrogen-bond acceptors (Lipinski definition) is 7. The summed E-state index contributed by atoms with van der Waals surface area (Å²) in [5.74, 6) is -1.53. The van der Waals surface area contributed by atoms with E-state index in [0.717, 1.165) is 16.5 Å². The van der Waals surface area contributed by atoms with E-state index in [1.807, 2.05) is 6.92 Å². The number of hydrogen-bond donors (Lipinski definition) is 1. The van der Waals surface area contributed by atoms with E-state index in [1.165, 1.54) is 49.6 Å². The first-order valence-electron chi connectivity index (χ1n) is 10.5. The van der Waals surface area contributed by atoms with Gasteiger partial charge in [0.1, 0.15) is 22.0 Å². The number of rotatable bonds is 6. The first-order chi connectivity index (χ1) is 17.1. The second-order valence-corrected chi connectivity index (χ2v) is 9.67. The lowest BCUT2D eigenvalue weighted by atomic mass is 10.1. The summed E-state index contributed by atoms with van der Waals surface area (Å²) in [5, 5.41) is 2.31. The number of barbiturate groups is 1. The maximum Gasteiger partial charge on any atom is 0.339 e. The van der Waals surface area contributed by atoms with Crippen LogP contribution < -0.4 is 19.1 Å². The number of amides is 4. The molecule has 3 aromatic carbocycles. The smallest absolute Gasteiger partial charge is 0.339 e. The van der Waals surface area contributed by atoms with Gasteiger partial charge in [0.2, 0.25) is 0 Å². The van der Waals surface area contributed by atoms with Gasteiger partial charge in [-0.2, -0.15) is 8.42 Å². The molecule has 0 atom stereocenters. The Bertz CT molecular complexity index is 1500. The summed E-state index contributed by atoms with van der Waals surface area (Å²) in [4.78, 5) is 38.9. The van der Waals surface area contributed by atoms with Gasteiger partial charge in [0.25, 0.3) is 11.8 Å². The fourth-order valence-electron chi connectivity index (χ4n) is 3.36. The van der Waals surface area contributed by atoms with Gasteiger partial charge < -0.3 is 8.92 Å². The zero-order chi connectivity index (χ0) is 26.0. The number of nitrogens with one attached hydrogen (secondary N) is 1. The lowest BCUT2D eigenvalue weighted by Gasteiger charge is -2.26. The Morgan fingerprint density at radius 2 is 1.61 bits per heavy atom. The van der Waals surface area contributed by atoms with Crippen molar-refractivity contribution < 1.29 is 31.7 Å². The van der Waals surface area contributed by atoms with Crippen molar-refractivity contribution in [3.63, 3.8) is 0 Å². The van der Waals surface area contributed by atoms with Gasteiger partial charge in [-0.15, -0.1) is 0 Å². The minimum Gasteiger partial charge on any atom is -0.497 e. The predicted octanol–water partition coefficient (Wildman–Crippen LogP) is 4.09. The van der Waals surface area contributed by atoms with Crippen LogP contribution in [0.5, 0.6) is 11.5 Å². The highest BCUT2D eigenvalue weighted by Crippen LogP contribution is 2.30. The molecular weight excluding hydrogens is 508 g/mol. The van der Waals surface area contributed by atoms with E-state index in [-0.39, 0.29) is 26.9 Å². The van der Waals surface area contributed by atoms with Crippen molar-refractivity contribution >= 4 is 51.3 Å². The van der Waals surface area contributed by atoms with Crippen molar-refractivity contribution in [2.75, 3.05) is 12.0 Å². The van der Waals surface area contributed by atoms with Gasteiger partial charge in [0.15, 0.2) is 0 Å². The van der Waals surface area contributed by atoms with Crippen LogP contribution >= 0.6 is 11.6 Å². The number of anilines is 1. The number of ether oxygens (including phenoxy) is 1. The molecule has 1 aliphatic heterocycles. The third kappa shape index (κ3) is 5.09. The molecule has 4 rings (SSSR count). The van der Waals surface area contributed by atoms with Crippen molar-refractivity contribution in [1.82, 2.24) is 5.32 Å². The average Bonchev–Trinajstić information content (AvgIpc) is 2.84. The zero-order valence-electron chi connectivity index (χ0n) is 19.0. The van der Waals surface area contributed by atoms with E-state index in [9.17, 15) is 22.8 Å². The van der Waals surface area contributed by atoms with Crippen LogP contribution in [0.15, 0.2) is 77.2 Å². The molecule has 184 valence electrons. The van der Waals surface area contributed by atoms with Gasteiger partial charge in [-0.1, -0.05) is 29.3 Å². The van der Waals surface area contributed by atoms with Gasteiger partial charge in [-0.25, -0.2) is 9.69 Å². The number of methoxy groups -OCH3 is 1. The quantitative estimate of drug-likeness (QED) is 0.292. The first kappa shape index (κ1) is 25.0. The summed E-state index contributed by atoms with van der Waals surface area (Å²) >= 11 is 6.09. The highest BCUT2D eigenvalue weighted by atomic mass is 35.5. The molecule has 3 aromatic rings. The van der Waals surface area contributed by atoms with Gasteiger partial charge in [0.05, 0.1) is 12.8 Å². The molecule has 1 aliphatic rings. The molecule has 0 unspecified atom stereocenters. The Balaban J connectivity index is 1.73.